The van der Waals surface area contributed by atoms with Crippen LogP contribution in [0.15, 0.2) is 51.9 Å². The van der Waals surface area contributed by atoms with E-state index in [1.807, 2.05) is 30.3 Å². The van der Waals surface area contributed by atoms with Crippen molar-refractivity contribution >= 4 is 32.8 Å². The Morgan fingerprint density at radius 2 is 1.92 bits per heavy atom. The average Bonchev–Trinajstić information content (AvgIpc) is 2.63. The molecule has 0 aliphatic rings. The highest BCUT2D eigenvalue weighted by Gasteiger charge is 2.22. The van der Waals surface area contributed by atoms with Crippen LogP contribution in [0.4, 0.5) is 8.78 Å². The molecule has 0 radical (unpaired) electrons. The van der Waals surface area contributed by atoms with E-state index in [0.717, 1.165) is 11.6 Å². The number of benzene rings is 2. The van der Waals surface area contributed by atoms with Crippen molar-refractivity contribution in [2.75, 3.05) is 6.61 Å². The van der Waals surface area contributed by atoms with Crippen LogP contribution in [0.3, 0.4) is 0 Å². The predicted octanol–water partition coefficient (Wildman–Crippen LogP) is 4.27. The van der Waals surface area contributed by atoms with Crippen molar-refractivity contribution in [3.05, 3.63) is 80.1 Å². The van der Waals surface area contributed by atoms with E-state index in [-0.39, 0.29) is 34.1 Å². The van der Waals surface area contributed by atoms with Crippen molar-refractivity contribution in [2.24, 2.45) is 0 Å². The van der Waals surface area contributed by atoms with E-state index in [0.29, 0.717) is 0 Å². The number of carbonyl (C=O) groups excluding carboxylic acids is 1. The number of aromatic nitrogens is 1. The summed E-state index contributed by atoms with van der Waals surface area (Å²) >= 11 is 2.86. The Morgan fingerprint density at radius 3 is 2.58 bits per heavy atom. The van der Waals surface area contributed by atoms with E-state index in [1.165, 1.54) is 10.8 Å². The minimum atomic E-state index is -0.917. The minimum Gasteiger partial charge on any atom is -0.462 e. The fourth-order valence-corrected chi connectivity index (χ4v) is 3.02. The summed E-state index contributed by atoms with van der Waals surface area (Å²) in [6.07, 6.45) is 1.25. The van der Waals surface area contributed by atoms with Crippen molar-refractivity contribution in [1.29, 1.82) is 0 Å². The van der Waals surface area contributed by atoms with Crippen LogP contribution in [-0.4, -0.2) is 17.1 Å². The maximum Gasteiger partial charge on any atom is 0.343 e. The number of fused-ring (bicyclic) bond motifs is 1. The van der Waals surface area contributed by atoms with Crippen molar-refractivity contribution in [3.8, 4) is 0 Å². The topological polar surface area (TPSA) is 48.3 Å². The molecule has 0 spiro atoms. The van der Waals surface area contributed by atoms with Crippen molar-refractivity contribution in [1.82, 2.24) is 4.57 Å². The van der Waals surface area contributed by atoms with Gasteiger partial charge in [-0.3, -0.25) is 4.79 Å². The van der Waals surface area contributed by atoms with Crippen LogP contribution in [0, 0.1) is 11.6 Å². The standard InChI is InChI=1S/C19H14BrF2NO3/c1-2-26-19(25)13-10-23(9-11-6-4-3-5-7-11)17-12(18(13)24)8-14(21)15(20)16(17)22/h3-8,10H,2,9H2,1H3. The normalized spacial score (nSPS) is 10.9. The molecule has 0 atom stereocenters. The third-order valence-corrected chi connectivity index (χ3v) is 4.62. The van der Waals surface area contributed by atoms with Gasteiger partial charge in [0.25, 0.3) is 0 Å². The van der Waals surface area contributed by atoms with Crippen molar-refractivity contribution in [3.63, 3.8) is 0 Å². The summed E-state index contributed by atoms with van der Waals surface area (Å²) in [4.78, 5) is 24.7. The van der Waals surface area contributed by atoms with Gasteiger partial charge in [0.15, 0.2) is 5.82 Å². The fraction of sp³-hybridized carbons (Fsp3) is 0.158. The molecule has 1 heterocycles. The lowest BCUT2D eigenvalue weighted by molar-refractivity contribution is 0.0524. The summed E-state index contributed by atoms with van der Waals surface area (Å²) in [7, 11) is 0. The lowest BCUT2D eigenvalue weighted by Gasteiger charge is -2.15. The summed E-state index contributed by atoms with van der Waals surface area (Å²) in [6.45, 7) is 1.88. The van der Waals surface area contributed by atoms with Crippen LogP contribution in [0.1, 0.15) is 22.8 Å². The second kappa shape index (κ2) is 7.37. The molecule has 2 aromatic carbocycles. The highest BCUT2D eigenvalue weighted by atomic mass is 79.9. The molecule has 7 heteroatoms. The molecular formula is C19H14BrF2NO3. The lowest BCUT2D eigenvalue weighted by Crippen LogP contribution is -2.22. The van der Waals surface area contributed by atoms with Gasteiger partial charge in [-0.2, -0.15) is 0 Å². The Morgan fingerprint density at radius 1 is 1.23 bits per heavy atom. The van der Waals surface area contributed by atoms with Gasteiger partial charge >= 0.3 is 5.97 Å². The molecule has 26 heavy (non-hydrogen) atoms. The molecule has 134 valence electrons. The number of hydrogen-bond acceptors (Lipinski definition) is 3. The number of rotatable bonds is 4. The van der Waals surface area contributed by atoms with E-state index >= 15 is 0 Å². The van der Waals surface area contributed by atoms with Crippen LogP contribution < -0.4 is 5.43 Å². The number of pyridine rings is 1. The van der Waals surface area contributed by atoms with Gasteiger partial charge in [0, 0.05) is 12.7 Å². The highest BCUT2D eigenvalue weighted by molar-refractivity contribution is 9.10. The molecule has 0 fully saturated rings. The van der Waals surface area contributed by atoms with E-state index in [2.05, 4.69) is 15.9 Å². The number of hydrogen-bond donors (Lipinski definition) is 0. The maximum absolute atomic E-state index is 14.7. The van der Waals surface area contributed by atoms with Crippen molar-refractivity contribution < 1.29 is 18.3 Å². The third-order valence-electron chi connectivity index (χ3n) is 3.89. The average molecular weight is 422 g/mol. The first-order valence-electron chi connectivity index (χ1n) is 7.85. The minimum absolute atomic E-state index is 0.0814. The first-order valence-corrected chi connectivity index (χ1v) is 8.65. The molecule has 0 saturated carbocycles. The van der Waals surface area contributed by atoms with Crippen LogP contribution >= 0.6 is 15.9 Å². The monoisotopic (exact) mass is 421 g/mol. The Kier molecular flexibility index (Phi) is 5.18. The van der Waals surface area contributed by atoms with Gasteiger partial charge in [-0.25, -0.2) is 13.6 Å². The highest BCUT2D eigenvalue weighted by Crippen LogP contribution is 2.27. The van der Waals surface area contributed by atoms with Gasteiger partial charge in [0.05, 0.1) is 22.0 Å². The van der Waals surface area contributed by atoms with Gasteiger partial charge in [0.1, 0.15) is 11.4 Å². The van der Waals surface area contributed by atoms with Gasteiger partial charge in [-0.1, -0.05) is 30.3 Å². The molecule has 0 saturated heterocycles. The largest absolute Gasteiger partial charge is 0.462 e. The molecule has 1 aromatic heterocycles. The summed E-state index contributed by atoms with van der Waals surface area (Å²) in [5, 5.41) is -0.218. The van der Waals surface area contributed by atoms with E-state index in [9.17, 15) is 18.4 Å². The number of esters is 1. The van der Waals surface area contributed by atoms with Crippen LogP contribution in [-0.2, 0) is 11.3 Å². The van der Waals surface area contributed by atoms with Crippen LogP contribution in [0.5, 0.6) is 0 Å². The van der Waals surface area contributed by atoms with Gasteiger partial charge in [-0.15, -0.1) is 0 Å². The van der Waals surface area contributed by atoms with E-state index in [4.69, 9.17) is 4.74 Å². The molecule has 3 aromatic rings. The molecule has 0 amide bonds. The molecule has 0 aliphatic heterocycles. The van der Waals surface area contributed by atoms with Gasteiger partial charge < -0.3 is 9.30 Å². The Balaban J connectivity index is 2.32. The lowest BCUT2D eigenvalue weighted by atomic mass is 10.1. The summed E-state index contributed by atoms with van der Waals surface area (Å²) in [5.74, 6) is -2.65. The number of nitrogens with zero attached hydrogens (tertiary/aromatic N) is 1. The first-order chi connectivity index (χ1) is 12.4. The number of halogens is 3. The zero-order chi connectivity index (χ0) is 18.8. The zero-order valence-corrected chi connectivity index (χ0v) is 15.3. The van der Waals surface area contributed by atoms with Crippen LogP contribution in [0.25, 0.3) is 10.9 Å². The molecule has 0 N–H and O–H groups in total. The van der Waals surface area contributed by atoms with E-state index < -0.39 is 23.0 Å². The van der Waals surface area contributed by atoms with E-state index in [1.54, 1.807) is 6.92 Å². The smallest absolute Gasteiger partial charge is 0.343 e. The molecular weight excluding hydrogens is 408 g/mol. The molecule has 0 bridgehead atoms. The van der Waals surface area contributed by atoms with Crippen LogP contribution in [0.2, 0.25) is 0 Å². The number of carbonyl (C=O) groups is 1. The summed E-state index contributed by atoms with van der Waals surface area (Å²) < 4.78 is 34.6. The molecule has 4 nitrogen and oxygen atoms in total. The molecule has 0 aliphatic carbocycles. The fourth-order valence-electron chi connectivity index (χ4n) is 2.72. The summed E-state index contributed by atoms with van der Waals surface area (Å²) in [6, 6.07) is 10.0. The quantitative estimate of drug-likeness (QED) is 0.466. The third kappa shape index (κ3) is 3.26. The van der Waals surface area contributed by atoms with Gasteiger partial charge in [-0.05, 0) is 34.5 Å². The van der Waals surface area contributed by atoms with Crippen molar-refractivity contribution in [2.45, 2.75) is 13.5 Å². The second-order valence-electron chi connectivity index (χ2n) is 5.59. The number of ether oxygens (including phenoxy) is 1. The molecule has 0 unspecified atom stereocenters. The SMILES string of the molecule is CCOC(=O)c1cn(Cc2ccccc2)c2c(F)c(Br)c(F)cc2c1=O. The second-order valence-corrected chi connectivity index (χ2v) is 6.38. The molecule has 3 rings (SSSR count). The van der Waals surface area contributed by atoms with Gasteiger partial charge in [0.2, 0.25) is 5.43 Å². The zero-order valence-electron chi connectivity index (χ0n) is 13.8. The Bertz CT molecular complexity index is 1050. The Hall–Kier alpha value is -2.54. The Labute approximate surface area is 156 Å². The maximum atomic E-state index is 14.7. The predicted molar refractivity (Wildman–Crippen MR) is 97.3 cm³/mol. The first kappa shape index (κ1) is 18.3. The summed E-state index contributed by atoms with van der Waals surface area (Å²) in [5.41, 5.74) is -0.295.